The number of rotatable bonds is 6. The number of carbonyl (C=O) groups excluding carboxylic acids is 3. The zero-order valence-electron chi connectivity index (χ0n) is 14.2. The fourth-order valence-corrected chi connectivity index (χ4v) is 2.17. The zero-order chi connectivity index (χ0) is 19.3. The Morgan fingerprint density at radius 1 is 1.04 bits per heavy atom. The van der Waals surface area contributed by atoms with Crippen LogP contribution >= 0.6 is 0 Å². The van der Waals surface area contributed by atoms with Crippen LogP contribution in [0.15, 0.2) is 48.5 Å². The van der Waals surface area contributed by atoms with Crippen molar-refractivity contribution in [3.8, 4) is 0 Å². The molecule has 2 amide bonds. The summed E-state index contributed by atoms with van der Waals surface area (Å²) in [5.74, 6) is -1.22. The maximum atomic E-state index is 12.2. The summed E-state index contributed by atoms with van der Waals surface area (Å²) in [4.78, 5) is 45.9. The molecule has 0 saturated carbocycles. The standard InChI is InChI=1S/C18H17N3O5/c1-11(17(23)20-15-7-3-5-13(9-15)12(2)22)19-18(24)14-6-4-8-16(10-14)21(25)26/h3-11H,1-2H3,(H,19,24)(H,20,23). The van der Waals surface area contributed by atoms with Crippen LogP contribution in [-0.4, -0.2) is 28.6 Å². The molecule has 2 aromatic rings. The third-order valence-corrected chi connectivity index (χ3v) is 3.60. The molecule has 2 aromatic carbocycles. The van der Waals surface area contributed by atoms with Gasteiger partial charge in [-0.05, 0) is 32.0 Å². The number of nitrogens with zero attached hydrogens (tertiary/aromatic N) is 1. The fourth-order valence-electron chi connectivity index (χ4n) is 2.17. The zero-order valence-corrected chi connectivity index (χ0v) is 14.2. The lowest BCUT2D eigenvalue weighted by atomic mass is 10.1. The lowest BCUT2D eigenvalue weighted by Gasteiger charge is -2.14. The summed E-state index contributed by atoms with van der Waals surface area (Å²) in [6.07, 6.45) is 0. The summed E-state index contributed by atoms with van der Waals surface area (Å²) in [6, 6.07) is 10.8. The van der Waals surface area contributed by atoms with Gasteiger partial charge < -0.3 is 10.6 Å². The molecular weight excluding hydrogens is 338 g/mol. The Hall–Kier alpha value is -3.55. The molecule has 0 aromatic heterocycles. The second-order valence-electron chi connectivity index (χ2n) is 5.63. The molecule has 0 saturated heterocycles. The van der Waals surface area contributed by atoms with Crippen molar-refractivity contribution in [3.05, 3.63) is 69.8 Å². The van der Waals surface area contributed by atoms with Crippen LogP contribution in [-0.2, 0) is 4.79 Å². The molecule has 0 aliphatic rings. The van der Waals surface area contributed by atoms with Gasteiger partial charge in [0, 0.05) is 28.9 Å². The molecule has 1 unspecified atom stereocenters. The number of benzene rings is 2. The molecule has 134 valence electrons. The molecule has 8 nitrogen and oxygen atoms in total. The van der Waals surface area contributed by atoms with Gasteiger partial charge in [-0.3, -0.25) is 24.5 Å². The molecule has 0 aliphatic carbocycles. The van der Waals surface area contributed by atoms with Crippen molar-refractivity contribution in [2.75, 3.05) is 5.32 Å². The number of ketones is 1. The summed E-state index contributed by atoms with van der Waals surface area (Å²) in [5, 5.41) is 15.9. The SMILES string of the molecule is CC(=O)c1cccc(NC(=O)C(C)NC(=O)c2cccc([N+](=O)[O-])c2)c1. The number of nitro groups is 1. The molecule has 1 atom stereocenters. The average molecular weight is 355 g/mol. The third-order valence-electron chi connectivity index (χ3n) is 3.60. The van der Waals surface area contributed by atoms with Crippen LogP contribution in [0.4, 0.5) is 11.4 Å². The second-order valence-corrected chi connectivity index (χ2v) is 5.63. The summed E-state index contributed by atoms with van der Waals surface area (Å²) in [5.41, 5.74) is 0.753. The van der Waals surface area contributed by atoms with E-state index in [0.717, 1.165) is 6.07 Å². The van der Waals surface area contributed by atoms with Gasteiger partial charge in [0.1, 0.15) is 6.04 Å². The van der Waals surface area contributed by atoms with Gasteiger partial charge in [-0.15, -0.1) is 0 Å². The largest absolute Gasteiger partial charge is 0.341 e. The van der Waals surface area contributed by atoms with Crippen molar-refractivity contribution in [1.29, 1.82) is 0 Å². The number of non-ortho nitro benzene ring substituents is 1. The summed E-state index contributed by atoms with van der Waals surface area (Å²) < 4.78 is 0. The first kappa shape index (κ1) is 18.8. The monoisotopic (exact) mass is 355 g/mol. The molecule has 0 aliphatic heterocycles. The van der Waals surface area contributed by atoms with Crippen LogP contribution < -0.4 is 10.6 Å². The number of anilines is 1. The van der Waals surface area contributed by atoms with Gasteiger partial charge in [0.15, 0.2) is 5.78 Å². The van der Waals surface area contributed by atoms with Crippen LogP contribution in [0.2, 0.25) is 0 Å². The number of carbonyl (C=O) groups is 3. The Morgan fingerprint density at radius 2 is 1.69 bits per heavy atom. The molecule has 0 fully saturated rings. The number of amides is 2. The molecule has 2 N–H and O–H groups in total. The summed E-state index contributed by atoms with van der Waals surface area (Å²) in [6.45, 7) is 2.91. The molecule has 0 spiro atoms. The van der Waals surface area contributed by atoms with E-state index in [1.54, 1.807) is 18.2 Å². The molecule has 0 heterocycles. The lowest BCUT2D eigenvalue weighted by molar-refractivity contribution is -0.384. The van der Waals surface area contributed by atoms with Crippen LogP contribution in [0.3, 0.4) is 0 Å². The Bertz CT molecular complexity index is 879. The first-order chi connectivity index (χ1) is 12.3. The van der Waals surface area contributed by atoms with Gasteiger partial charge in [-0.2, -0.15) is 0 Å². The number of hydrogen-bond donors (Lipinski definition) is 2. The smallest absolute Gasteiger partial charge is 0.270 e. The van der Waals surface area contributed by atoms with Crippen molar-refractivity contribution in [2.45, 2.75) is 19.9 Å². The van der Waals surface area contributed by atoms with Crippen LogP contribution in [0.5, 0.6) is 0 Å². The van der Waals surface area contributed by atoms with Crippen LogP contribution in [0, 0.1) is 10.1 Å². The van der Waals surface area contributed by atoms with Gasteiger partial charge in [0.25, 0.3) is 11.6 Å². The Kier molecular flexibility index (Phi) is 5.79. The predicted molar refractivity (Wildman–Crippen MR) is 95.1 cm³/mol. The molecule has 2 rings (SSSR count). The van der Waals surface area contributed by atoms with Crippen molar-refractivity contribution >= 4 is 29.0 Å². The van der Waals surface area contributed by atoms with E-state index in [-0.39, 0.29) is 17.0 Å². The van der Waals surface area contributed by atoms with E-state index in [2.05, 4.69) is 10.6 Å². The Labute approximate surface area is 149 Å². The van der Waals surface area contributed by atoms with Crippen molar-refractivity contribution < 1.29 is 19.3 Å². The van der Waals surface area contributed by atoms with Crippen molar-refractivity contribution in [1.82, 2.24) is 5.32 Å². The highest BCUT2D eigenvalue weighted by Crippen LogP contribution is 2.14. The van der Waals surface area contributed by atoms with E-state index in [1.165, 1.54) is 38.1 Å². The second kappa shape index (κ2) is 8.02. The maximum absolute atomic E-state index is 12.2. The quantitative estimate of drug-likeness (QED) is 0.469. The first-order valence-corrected chi connectivity index (χ1v) is 7.75. The van der Waals surface area contributed by atoms with Gasteiger partial charge in [-0.25, -0.2) is 0 Å². The minimum absolute atomic E-state index is 0.0810. The number of Topliss-reactive ketones (excluding diaryl/α,β-unsaturated/α-hetero) is 1. The first-order valence-electron chi connectivity index (χ1n) is 7.75. The van der Waals surface area contributed by atoms with E-state index >= 15 is 0 Å². The fraction of sp³-hybridized carbons (Fsp3) is 0.167. The predicted octanol–water partition coefficient (Wildman–Crippen LogP) is 2.55. The summed E-state index contributed by atoms with van der Waals surface area (Å²) >= 11 is 0. The van der Waals surface area contributed by atoms with Gasteiger partial charge >= 0.3 is 0 Å². The van der Waals surface area contributed by atoms with E-state index in [1.807, 2.05) is 0 Å². The van der Waals surface area contributed by atoms with Crippen molar-refractivity contribution in [3.63, 3.8) is 0 Å². The van der Waals surface area contributed by atoms with E-state index in [0.29, 0.717) is 11.3 Å². The molecule has 0 bridgehead atoms. The van der Waals surface area contributed by atoms with Gasteiger partial charge in [0.05, 0.1) is 4.92 Å². The Balaban J connectivity index is 2.03. The highest BCUT2D eigenvalue weighted by atomic mass is 16.6. The van der Waals surface area contributed by atoms with Gasteiger partial charge in [-0.1, -0.05) is 18.2 Å². The molecule has 8 heteroatoms. The van der Waals surface area contributed by atoms with Crippen LogP contribution in [0.25, 0.3) is 0 Å². The molecular formula is C18H17N3O5. The normalized spacial score (nSPS) is 11.3. The number of nitrogens with one attached hydrogen (secondary N) is 2. The maximum Gasteiger partial charge on any atom is 0.270 e. The minimum atomic E-state index is -0.886. The third kappa shape index (κ3) is 4.73. The molecule has 26 heavy (non-hydrogen) atoms. The highest BCUT2D eigenvalue weighted by molar-refractivity contribution is 6.02. The van der Waals surface area contributed by atoms with E-state index in [9.17, 15) is 24.5 Å². The highest BCUT2D eigenvalue weighted by Gasteiger charge is 2.18. The van der Waals surface area contributed by atoms with Crippen molar-refractivity contribution in [2.24, 2.45) is 0 Å². The van der Waals surface area contributed by atoms with E-state index < -0.39 is 22.8 Å². The molecule has 0 radical (unpaired) electrons. The van der Waals surface area contributed by atoms with Gasteiger partial charge in [0.2, 0.25) is 5.91 Å². The van der Waals surface area contributed by atoms with E-state index in [4.69, 9.17) is 0 Å². The minimum Gasteiger partial charge on any atom is -0.341 e. The lowest BCUT2D eigenvalue weighted by Crippen LogP contribution is -2.41. The Morgan fingerprint density at radius 3 is 2.35 bits per heavy atom. The summed E-state index contributed by atoms with van der Waals surface area (Å²) in [7, 11) is 0. The average Bonchev–Trinajstić information content (AvgIpc) is 2.61. The number of hydrogen-bond acceptors (Lipinski definition) is 5. The topological polar surface area (TPSA) is 118 Å². The van der Waals surface area contributed by atoms with Crippen LogP contribution in [0.1, 0.15) is 34.6 Å². The number of nitro benzene ring substituents is 1.